The van der Waals surface area contributed by atoms with Crippen molar-refractivity contribution in [3.05, 3.63) is 72.4 Å². The molecular weight excluding hydrogens is 512 g/mol. The molecular formula is C34H44N4O3. The van der Waals surface area contributed by atoms with E-state index in [1.807, 2.05) is 72.6 Å². The van der Waals surface area contributed by atoms with E-state index in [2.05, 4.69) is 12.2 Å². The standard InChI is InChI=1S/C34H44N4O3/c1-4-18-34(35,19-20-39)28-14-12-27(13-15-28)33-31(26-8-6-5-7-9-26)22-29(23-36-33)37-32(41)21-25-10-16-30(17-11-25)38(3)24(2)40/h5-9,12-15,22-23,25,30,39H,4,10-11,16-21,35H2,1-3H3,(H,37,41)/t25?,30?,34-/m1/s1. The van der Waals surface area contributed by atoms with Crippen LogP contribution in [0.4, 0.5) is 5.69 Å². The second kappa shape index (κ2) is 13.9. The molecule has 2 amide bonds. The molecule has 4 N–H and O–H groups in total. The minimum atomic E-state index is -0.561. The fourth-order valence-corrected chi connectivity index (χ4v) is 6.09. The Morgan fingerprint density at radius 3 is 2.32 bits per heavy atom. The number of rotatable bonds is 11. The first kappa shape index (κ1) is 30.4. The molecule has 1 heterocycles. The average Bonchev–Trinajstić information content (AvgIpc) is 2.98. The highest BCUT2D eigenvalue weighted by molar-refractivity contribution is 5.93. The van der Waals surface area contributed by atoms with Crippen LogP contribution in [0.3, 0.4) is 0 Å². The number of carbonyl (C=O) groups excluding carboxylic acids is 2. The third-order valence-electron chi connectivity index (χ3n) is 8.58. The van der Waals surface area contributed by atoms with Crippen molar-refractivity contribution in [2.75, 3.05) is 19.0 Å². The summed E-state index contributed by atoms with van der Waals surface area (Å²) in [6.45, 7) is 3.75. The molecule has 1 aliphatic carbocycles. The molecule has 7 heteroatoms. The maximum absolute atomic E-state index is 13.0. The maximum atomic E-state index is 13.0. The van der Waals surface area contributed by atoms with E-state index < -0.39 is 5.54 Å². The Kier molecular flexibility index (Phi) is 10.3. The minimum absolute atomic E-state index is 0.00891. The number of aromatic nitrogens is 1. The van der Waals surface area contributed by atoms with Crippen LogP contribution in [-0.2, 0) is 15.1 Å². The summed E-state index contributed by atoms with van der Waals surface area (Å²) in [7, 11) is 1.87. The summed E-state index contributed by atoms with van der Waals surface area (Å²) in [4.78, 5) is 31.3. The average molecular weight is 557 g/mol. The van der Waals surface area contributed by atoms with Gasteiger partial charge in [-0.15, -0.1) is 0 Å². The summed E-state index contributed by atoms with van der Waals surface area (Å²) in [6, 6.07) is 20.5. The van der Waals surface area contributed by atoms with Gasteiger partial charge in [0.1, 0.15) is 0 Å². The van der Waals surface area contributed by atoms with Gasteiger partial charge in [-0.2, -0.15) is 0 Å². The summed E-state index contributed by atoms with van der Waals surface area (Å²) in [5, 5.41) is 12.7. The molecule has 1 fully saturated rings. The Balaban J connectivity index is 1.51. The van der Waals surface area contributed by atoms with E-state index >= 15 is 0 Å². The second-order valence-electron chi connectivity index (χ2n) is 11.5. The number of carbonyl (C=O) groups is 2. The van der Waals surface area contributed by atoms with Crippen LogP contribution in [0, 0.1) is 5.92 Å². The molecule has 3 aromatic rings. The molecule has 0 spiro atoms. The highest BCUT2D eigenvalue weighted by Gasteiger charge is 2.27. The van der Waals surface area contributed by atoms with E-state index in [9.17, 15) is 14.7 Å². The number of amides is 2. The zero-order valence-electron chi connectivity index (χ0n) is 24.6. The van der Waals surface area contributed by atoms with Gasteiger partial charge in [-0.3, -0.25) is 14.6 Å². The van der Waals surface area contributed by atoms with Crippen molar-refractivity contribution >= 4 is 17.5 Å². The predicted molar refractivity (Wildman–Crippen MR) is 165 cm³/mol. The number of benzene rings is 2. The first-order valence-electron chi connectivity index (χ1n) is 14.8. The van der Waals surface area contributed by atoms with E-state index in [0.29, 0.717) is 24.4 Å². The smallest absolute Gasteiger partial charge is 0.224 e. The van der Waals surface area contributed by atoms with Gasteiger partial charge in [0.15, 0.2) is 0 Å². The van der Waals surface area contributed by atoms with Crippen LogP contribution in [0.15, 0.2) is 66.9 Å². The fraction of sp³-hybridized carbons (Fsp3) is 0.441. The highest BCUT2D eigenvalue weighted by atomic mass is 16.3. The Labute approximate surface area is 244 Å². The molecule has 0 aliphatic heterocycles. The van der Waals surface area contributed by atoms with Crippen molar-refractivity contribution in [1.29, 1.82) is 0 Å². The first-order valence-corrected chi connectivity index (χ1v) is 14.8. The second-order valence-corrected chi connectivity index (χ2v) is 11.5. The molecule has 1 saturated carbocycles. The maximum Gasteiger partial charge on any atom is 0.224 e. The molecule has 1 aromatic heterocycles. The van der Waals surface area contributed by atoms with Gasteiger partial charge >= 0.3 is 0 Å². The lowest BCUT2D eigenvalue weighted by molar-refractivity contribution is -0.130. The van der Waals surface area contributed by atoms with Gasteiger partial charge < -0.3 is 21.1 Å². The molecule has 218 valence electrons. The number of hydrogen-bond acceptors (Lipinski definition) is 5. The monoisotopic (exact) mass is 556 g/mol. The summed E-state index contributed by atoms with van der Waals surface area (Å²) in [6.07, 6.45) is 8.19. The van der Waals surface area contributed by atoms with Crippen LogP contribution in [0.5, 0.6) is 0 Å². The number of pyridine rings is 1. The summed E-state index contributed by atoms with van der Waals surface area (Å²) < 4.78 is 0. The largest absolute Gasteiger partial charge is 0.396 e. The van der Waals surface area contributed by atoms with E-state index in [4.69, 9.17) is 10.7 Å². The van der Waals surface area contributed by atoms with Gasteiger partial charge in [0, 0.05) is 49.7 Å². The number of aliphatic hydroxyl groups is 1. The Morgan fingerprint density at radius 2 is 1.71 bits per heavy atom. The number of nitrogens with two attached hydrogens (primary N) is 1. The normalized spacial score (nSPS) is 18.4. The Hall–Kier alpha value is -3.55. The molecule has 0 bridgehead atoms. The molecule has 7 nitrogen and oxygen atoms in total. The van der Waals surface area contributed by atoms with E-state index in [1.54, 1.807) is 13.1 Å². The third kappa shape index (κ3) is 7.60. The van der Waals surface area contributed by atoms with Gasteiger partial charge in [0.2, 0.25) is 11.8 Å². The van der Waals surface area contributed by atoms with Crippen molar-refractivity contribution in [2.45, 2.75) is 76.8 Å². The molecule has 0 saturated heterocycles. The zero-order chi connectivity index (χ0) is 29.4. The van der Waals surface area contributed by atoms with E-state index in [-0.39, 0.29) is 24.5 Å². The number of anilines is 1. The van der Waals surface area contributed by atoms with Gasteiger partial charge in [0.25, 0.3) is 0 Å². The van der Waals surface area contributed by atoms with Gasteiger partial charge in [-0.1, -0.05) is 67.9 Å². The van der Waals surface area contributed by atoms with Crippen molar-refractivity contribution < 1.29 is 14.7 Å². The lowest BCUT2D eigenvalue weighted by Gasteiger charge is -2.34. The van der Waals surface area contributed by atoms with Crippen molar-refractivity contribution in [3.63, 3.8) is 0 Å². The van der Waals surface area contributed by atoms with Crippen LogP contribution in [0.1, 0.15) is 70.8 Å². The summed E-state index contributed by atoms with van der Waals surface area (Å²) in [5.74, 6) is 0.405. The molecule has 0 radical (unpaired) electrons. The topological polar surface area (TPSA) is 109 Å². The number of nitrogens with one attached hydrogen (secondary N) is 1. The minimum Gasteiger partial charge on any atom is -0.396 e. The van der Waals surface area contributed by atoms with E-state index in [0.717, 1.165) is 66.5 Å². The van der Waals surface area contributed by atoms with Crippen LogP contribution < -0.4 is 11.1 Å². The SMILES string of the molecule is CCC[C@@](N)(CCO)c1ccc(-c2ncc(NC(=O)CC3CCC(N(C)C(C)=O)CC3)cc2-c2ccccc2)cc1. The van der Waals surface area contributed by atoms with Crippen LogP contribution in [-0.4, -0.2) is 46.5 Å². The highest BCUT2D eigenvalue weighted by Crippen LogP contribution is 2.35. The number of nitrogens with zero attached hydrogens (tertiary/aromatic N) is 2. The van der Waals surface area contributed by atoms with Crippen molar-refractivity contribution in [2.24, 2.45) is 11.7 Å². The quantitative estimate of drug-likeness (QED) is 0.264. The van der Waals surface area contributed by atoms with Crippen LogP contribution in [0.2, 0.25) is 0 Å². The summed E-state index contributed by atoms with van der Waals surface area (Å²) in [5.41, 5.74) is 11.5. The lowest BCUT2D eigenvalue weighted by atomic mass is 9.83. The lowest BCUT2D eigenvalue weighted by Crippen LogP contribution is -2.38. The van der Waals surface area contributed by atoms with Gasteiger partial charge in [0.05, 0.1) is 17.6 Å². The summed E-state index contributed by atoms with van der Waals surface area (Å²) >= 11 is 0. The van der Waals surface area contributed by atoms with Crippen molar-refractivity contribution in [3.8, 4) is 22.4 Å². The molecule has 41 heavy (non-hydrogen) atoms. The fourth-order valence-electron chi connectivity index (χ4n) is 6.09. The zero-order valence-corrected chi connectivity index (χ0v) is 24.6. The molecule has 1 atom stereocenters. The molecule has 4 rings (SSSR count). The van der Waals surface area contributed by atoms with E-state index in [1.165, 1.54) is 0 Å². The van der Waals surface area contributed by atoms with Gasteiger partial charge in [-0.05, 0) is 61.6 Å². The molecule has 0 unspecified atom stereocenters. The van der Waals surface area contributed by atoms with Crippen molar-refractivity contribution in [1.82, 2.24) is 9.88 Å². The van der Waals surface area contributed by atoms with Crippen LogP contribution >= 0.6 is 0 Å². The predicted octanol–water partition coefficient (Wildman–Crippen LogP) is 6.12. The number of aliphatic hydroxyl groups excluding tert-OH is 1. The van der Waals surface area contributed by atoms with Gasteiger partial charge in [-0.25, -0.2) is 0 Å². The Bertz CT molecular complexity index is 1300. The molecule has 2 aromatic carbocycles. The van der Waals surface area contributed by atoms with Crippen LogP contribution in [0.25, 0.3) is 22.4 Å². The first-order chi connectivity index (χ1) is 19.7. The third-order valence-corrected chi connectivity index (χ3v) is 8.58. The number of hydrogen-bond donors (Lipinski definition) is 3. The Morgan fingerprint density at radius 1 is 1.02 bits per heavy atom. The molecule has 1 aliphatic rings.